The number of thiophene rings is 2. The van der Waals surface area contributed by atoms with Crippen molar-refractivity contribution in [3.63, 3.8) is 0 Å². The number of hydrogen-bond acceptors (Lipinski definition) is 12. The fraction of sp³-hybridized carbons (Fsp3) is 0.571. The Morgan fingerprint density at radius 3 is 1.23 bits per heavy atom. The zero-order valence-corrected chi connectivity index (χ0v) is 42.6. The van der Waals surface area contributed by atoms with Crippen molar-refractivity contribution >= 4 is 131 Å². The Morgan fingerprint density at radius 1 is 0.500 bits per heavy atom. The van der Waals surface area contributed by atoms with E-state index in [1.54, 1.807) is 22.7 Å². The summed E-state index contributed by atoms with van der Waals surface area (Å²) in [5, 5.41) is 1.84. The number of rotatable bonds is 28. The second-order valence-electron chi connectivity index (χ2n) is 15.6. The molecule has 0 spiro atoms. The van der Waals surface area contributed by atoms with Crippen molar-refractivity contribution in [3.05, 3.63) is 43.0 Å². The molecule has 2 N–H and O–H groups in total. The lowest BCUT2D eigenvalue weighted by Gasteiger charge is -2.08. The molecule has 0 aliphatic rings. The number of benzene rings is 2. The van der Waals surface area contributed by atoms with E-state index in [0.29, 0.717) is 25.9 Å². The van der Waals surface area contributed by atoms with Crippen LogP contribution < -0.4 is 9.44 Å². The highest BCUT2D eigenvalue weighted by molar-refractivity contribution is 9.11. The van der Waals surface area contributed by atoms with Crippen LogP contribution in [0.25, 0.3) is 53.7 Å². The lowest BCUT2D eigenvalue weighted by Crippen LogP contribution is -2.28. The van der Waals surface area contributed by atoms with Gasteiger partial charge in [-0.25, -0.2) is 26.3 Å². The molecule has 0 aliphatic heterocycles. The molecule has 10 nitrogen and oxygen atoms in total. The lowest BCUT2D eigenvalue weighted by molar-refractivity contribution is 0.558. The minimum Gasteiger partial charge on any atom is -0.215 e. The molecule has 4 heterocycles. The molecule has 0 saturated heterocycles. The van der Waals surface area contributed by atoms with Gasteiger partial charge in [-0.2, -0.15) is 17.5 Å². The summed E-state index contributed by atoms with van der Waals surface area (Å²) in [7, 11) is -6.82. The molecule has 328 valence electrons. The molecule has 0 unspecified atom stereocenters. The Balaban J connectivity index is 1.12. The Kier molecular flexibility index (Phi) is 18.8. The maximum absolute atomic E-state index is 12.9. The Hall–Kier alpha value is -1.48. The number of aryl methyl sites for hydroxylation is 2. The van der Waals surface area contributed by atoms with Crippen LogP contribution >= 0.6 is 78.0 Å². The molecule has 0 aliphatic carbocycles. The normalized spacial score (nSPS) is 12.5. The molecule has 0 amide bonds. The van der Waals surface area contributed by atoms with E-state index in [1.807, 2.05) is 0 Å². The van der Waals surface area contributed by atoms with Gasteiger partial charge in [-0.3, -0.25) is 0 Å². The van der Waals surface area contributed by atoms with Crippen molar-refractivity contribution in [1.82, 2.24) is 26.9 Å². The van der Waals surface area contributed by atoms with E-state index < -0.39 is 20.0 Å². The second-order valence-corrected chi connectivity index (χ2v) is 25.2. The van der Waals surface area contributed by atoms with E-state index in [2.05, 4.69) is 79.4 Å². The van der Waals surface area contributed by atoms with Crippen LogP contribution in [0.3, 0.4) is 0 Å². The summed E-state index contributed by atoms with van der Waals surface area (Å²) in [5.41, 5.74) is 6.80. The molecular formula is C42H56Br2N6O4S6. The van der Waals surface area contributed by atoms with E-state index in [-0.39, 0.29) is 11.5 Å². The van der Waals surface area contributed by atoms with Crippen LogP contribution in [-0.2, 0) is 32.9 Å². The number of fused-ring (bicyclic) bond motifs is 5. The van der Waals surface area contributed by atoms with Gasteiger partial charge in [0.2, 0.25) is 20.0 Å². The van der Waals surface area contributed by atoms with Gasteiger partial charge < -0.3 is 0 Å². The maximum Gasteiger partial charge on any atom is 0.211 e. The average Bonchev–Trinajstić information content (AvgIpc) is 4.05. The van der Waals surface area contributed by atoms with Crippen LogP contribution in [-0.4, -0.2) is 58.9 Å². The predicted molar refractivity (Wildman–Crippen MR) is 264 cm³/mol. The van der Waals surface area contributed by atoms with Gasteiger partial charge in [0.1, 0.15) is 22.1 Å². The molecule has 2 aromatic carbocycles. The van der Waals surface area contributed by atoms with E-state index in [9.17, 15) is 16.8 Å². The van der Waals surface area contributed by atoms with Crippen molar-refractivity contribution in [2.75, 3.05) is 24.6 Å². The van der Waals surface area contributed by atoms with Crippen molar-refractivity contribution in [2.24, 2.45) is 0 Å². The standard InChI is InChI=1S/C42H56Br2N6O4S6/c1-3-5-7-9-11-13-15-17-21-45-59(51,52)23-19-29-25-35(55-41(29)43)33-27-31-32(37-39(33)49-57-47-37)28-34(40-38(31)48-58-50-40)36-26-30(42(44)56-36)20-24-60(53,54)46-22-18-16-14-12-10-8-6-4-2/h25-28,45-46H,3-24H2,1-2H3. The monoisotopic (exact) mass is 1060 g/mol. The number of unbranched alkanes of at least 4 members (excludes halogenated alkanes) is 14. The van der Waals surface area contributed by atoms with E-state index >= 15 is 0 Å². The van der Waals surface area contributed by atoms with Crippen molar-refractivity contribution in [2.45, 2.75) is 129 Å². The smallest absolute Gasteiger partial charge is 0.211 e. The molecule has 6 aromatic rings. The number of nitrogens with zero attached hydrogens (tertiary/aromatic N) is 4. The molecule has 0 atom stereocenters. The first kappa shape index (κ1) is 48.0. The van der Waals surface area contributed by atoms with Gasteiger partial charge >= 0.3 is 0 Å². The molecule has 0 bridgehead atoms. The lowest BCUT2D eigenvalue weighted by atomic mass is 9.98. The third-order valence-electron chi connectivity index (χ3n) is 10.9. The summed E-state index contributed by atoms with van der Waals surface area (Å²) >= 11 is 12.9. The highest BCUT2D eigenvalue weighted by Gasteiger charge is 2.23. The third-order valence-corrected chi connectivity index (χ3v) is 18.7. The summed E-state index contributed by atoms with van der Waals surface area (Å²) < 4.78 is 78.1. The van der Waals surface area contributed by atoms with Crippen molar-refractivity contribution in [1.29, 1.82) is 0 Å². The van der Waals surface area contributed by atoms with Crippen LogP contribution in [0, 0.1) is 0 Å². The minimum absolute atomic E-state index is 0.0185. The van der Waals surface area contributed by atoms with Crippen molar-refractivity contribution in [3.8, 4) is 20.9 Å². The third kappa shape index (κ3) is 13.3. The summed E-state index contributed by atoms with van der Waals surface area (Å²) in [6.45, 7) is 5.40. The summed E-state index contributed by atoms with van der Waals surface area (Å²) in [6.07, 6.45) is 19.5. The van der Waals surface area contributed by atoms with Crippen molar-refractivity contribution < 1.29 is 16.8 Å². The molecule has 60 heavy (non-hydrogen) atoms. The topological polar surface area (TPSA) is 144 Å². The molecule has 6 rings (SSSR count). The first-order valence-electron chi connectivity index (χ1n) is 21.4. The van der Waals surface area contributed by atoms with Gasteiger partial charge in [0.25, 0.3) is 0 Å². The molecule has 18 heteroatoms. The van der Waals surface area contributed by atoms with E-state index in [1.165, 1.54) is 64.2 Å². The first-order valence-corrected chi connectivity index (χ1v) is 29.3. The van der Waals surface area contributed by atoms with Gasteiger partial charge in [-0.1, -0.05) is 104 Å². The van der Waals surface area contributed by atoms with E-state index in [0.717, 1.165) is 134 Å². The van der Waals surface area contributed by atoms with Crippen LogP contribution in [0.2, 0.25) is 0 Å². The summed E-state index contributed by atoms with van der Waals surface area (Å²) in [4.78, 5) is 1.94. The Morgan fingerprint density at radius 2 is 0.850 bits per heavy atom. The molecular weight excluding hydrogens is 1000 g/mol. The van der Waals surface area contributed by atoms with Gasteiger partial charge in [-0.05, 0) is 92.9 Å². The Bertz CT molecular complexity index is 2360. The van der Waals surface area contributed by atoms with Gasteiger partial charge in [0.05, 0.1) is 42.5 Å². The quantitative estimate of drug-likeness (QED) is 0.0462. The van der Waals surface area contributed by atoms with Crippen LogP contribution in [0.1, 0.15) is 128 Å². The summed E-state index contributed by atoms with van der Waals surface area (Å²) in [5.74, 6) is 0.0371. The number of aromatic nitrogens is 4. The first-order chi connectivity index (χ1) is 29.0. The van der Waals surface area contributed by atoms with Crippen LogP contribution in [0.15, 0.2) is 31.8 Å². The van der Waals surface area contributed by atoms with E-state index in [4.69, 9.17) is 17.5 Å². The highest BCUT2D eigenvalue weighted by atomic mass is 79.9. The average molecular weight is 1060 g/mol. The summed E-state index contributed by atoms with van der Waals surface area (Å²) in [6, 6.07) is 8.34. The minimum atomic E-state index is -3.41. The van der Waals surface area contributed by atoms with Crippen LogP contribution in [0.5, 0.6) is 0 Å². The molecule has 4 aromatic heterocycles. The highest BCUT2D eigenvalue weighted by Crippen LogP contribution is 2.45. The largest absolute Gasteiger partial charge is 0.215 e. The number of nitrogens with one attached hydrogen (secondary N) is 2. The second kappa shape index (κ2) is 23.4. The molecule has 0 fully saturated rings. The molecule has 0 saturated carbocycles. The number of halogens is 2. The fourth-order valence-corrected chi connectivity index (χ4v) is 14.4. The van der Waals surface area contributed by atoms with Gasteiger partial charge in [0, 0.05) is 44.7 Å². The predicted octanol–water partition coefficient (Wildman–Crippen LogP) is 13.0. The maximum atomic E-state index is 12.9. The molecule has 0 radical (unpaired) electrons. The SMILES string of the molecule is CCCCCCCCCCNS(=O)(=O)CCc1cc(-c2cc3c(cc(-c4cc(CCS(=O)(=O)NCCCCCCCCCC)c(Br)s4)c4nsnc43)c3nsnc23)sc1Br. The van der Waals surface area contributed by atoms with Crippen LogP contribution in [0.4, 0.5) is 0 Å². The number of hydrogen-bond donors (Lipinski definition) is 2. The van der Waals surface area contributed by atoms with Gasteiger partial charge in [-0.15, -0.1) is 22.7 Å². The Labute approximate surface area is 389 Å². The fourth-order valence-electron chi connectivity index (χ4n) is 7.46. The number of sulfonamides is 2. The van der Waals surface area contributed by atoms with Gasteiger partial charge in [0.15, 0.2) is 0 Å². The zero-order chi connectivity index (χ0) is 42.5. The zero-order valence-electron chi connectivity index (χ0n) is 34.5.